The molecule has 6 heteroatoms. The monoisotopic (exact) mass is 409 g/mol. The molecule has 1 amide bonds. The summed E-state index contributed by atoms with van der Waals surface area (Å²) in [5.41, 5.74) is 0.745. The van der Waals surface area contributed by atoms with Gasteiger partial charge in [-0.1, -0.05) is 35.7 Å². The van der Waals surface area contributed by atoms with Gasteiger partial charge in [0, 0.05) is 22.2 Å². The molecule has 25 heavy (non-hydrogen) atoms. The molecule has 1 fully saturated rings. The van der Waals surface area contributed by atoms with E-state index in [1.54, 1.807) is 19.3 Å². The van der Waals surface area contributed by atoms with E-state index in [-0.39, 0.29) is 18.6 Å². The van der Waals surface area contributed by atoms with Crippen molar-refractivity contribution in [1.82, 2.24) is 5.32 Å². The van der Waals surface area contributed by atoms with Crippen LogP contribution in [0.1, 0.15) is 38.2 Å². The second kappa shape index (κ2) is 9.61. The Morgan fingerprint density at radius 3 is 2.80 bits per heavy atom. The average molecular weight is 410 g/mol. The summed E-state index contributed by atoms with van der Waals surface area (Å²) in [7, 11) is 1.56. The molecule has 0 unspecified atom stereocenters. The Bertz CT molecular complexity index is 644. The molecule has 1 N–H and O–H groups in total. The molecule has 1 aliphatic rings. The topological polar surface area (TPSA) is 64.6 Å². The largest absolute Gasteiger partial charge is 0.496 e. The van der Waals surface area contributed by atoms with Crippen molar-refractivity contribution in [2.24, 2.45) is 5.92 Å². The third kappa shape index (κ3) is 6.20. The van der Waals surface area contributed by atoms with Crippen molar-refractivity contribution < 1.29 is 19.1 Å². The van der Waals surface area contributed by atoms with Crippen LogP contribution in [-0.2, 0) is 14.3 Å². The summed E-state index contributed by atoms with van der Waals surface area (Å²) in [6.07, 6.45) is 7.36. The molecular formula is C19H24BrNO4. The number of nitrogens with one attached hydrogen (secondary N) is 1. The van der Waals surface area contributed by atoms with Gasteiger partial charge < -0.3 is 14.8 Å². The molecule has 0 saturated heterocycles. The molecule has 0 heterocycles. The van der Waals surface area contributed by atoms with Crippen molar-refractivity contribution in [3.05, 3.63) is 34.3 Å². The fourth-order valence-electron chi connectivity index (χ4n) is 2.96. The van der Waals surface area contributed by atoms with E-state index in [0.29, 0.717) is 11.7 Å². The van der Waals surface area contributed by atoms with Crippen LogP contribution in [0.2, 0.25) is 0 Å². The van der Waals surface area contributed by atoms with Gasteiger partial charge in [0.2, 0.25) is 0 Å². The van der Waals surface area contributed by atoms with Crippen molar-refractivity contribution in [1.29, 1.82) is 0 Å². The number of carbonyl (C=O) groups excluding carboxylic acids is 2. The molecular weight excluding hydrogens is 386 g/mol. The van der Waals surface area contributed by atoms with E-state index >= 15 is 0 Å². The Labute approximate surface area is 156 Å². The molecule has 0 aliphatic heterocycles. The summed E-state index contributed by atoms with van der Waals surface area (Å²) in [4.78, 5) is 23.8. The number of amides is 1. The van der Waals surface area contributed by atoms with E-state index in [4.69, 9.17) is 9.47 Å². The number of hydrogen-bond donors (Lipinski definition) is 1. The van der Waals surface area contributed by atoms with E-state index in [1.807, 2.05) is 12.1 Å². The molecule has 5 nitrogen and oxygen atoms in total. The molecule has 1 aliphatic carbocycles. The summed E-state index contributed by atoms with van der Waals surface area (Å²) in [5, 5.41) is 2.96. The van der Waals surface area contributed by atoms with Crippen molar-refractivity contribution in [3.8, 4) is 5.75 Å². The summed E-state index contributed by atoms with van der Waals surface area (Å²) >= 11 is 3.38. The number of halogens is 1. The molecule has 0 aromatic heterocycles. The molecule has 136 valence electrons. The highest BCUT2D eigenvalue weighted by atomic mass is 79.9. The molecule has 1 aromatic carbocycles. The van der Waals surface area contributed by atoms with Crippen LogP contribution in [-0.4, -0.2) is 31.6 Å². The van der Waals surface area contributed by atoms with Crippen LogP contribution in [0.25, 0.3) is 6.08 Å². The molecule has 0 bridgehead atoms. The van der Waals surface area contributed by atoms with Gasteiger partial charge in [-0.25, -0.2) is 4.79 Å². The zero-order valence-electron chi connectivity index (χ0n) is 14.6. The Hall–Kier alpha value is -1.82. The molecule has 1 aromatic rings. The lowest BCUT2D eigenvalue weighted by molar-refractivity contribution is -0.144. The van der Waals surface area contributed by atoms with Crippen molar-refractivity contribution in [2.75, 3.05) is 13.7 Å². The first-order chi connectivity index (χ1) is 12.0. The summed E-state index contributed by atoms with van der Waals surface area (Å²) < 4.78 is 11.1. The maximum absolute atomic E-state index is 11.9. The first-order valence-electron chi connectivity index (χ1n) is 8.47. The van der Waals surface area contributed by atoms with Crippen molar-refractivity contribution in [2.45, 2.75) is 38.6 Å². The minimum absolute atomic E-state index is 0.182. The van der Waals surface area contributed by atoms with E-state index in [0.717, 1.165) is 29.3 Å². The van der Waals surface area contributed by atoms with E-state index < -0.39 is 5.97 Å². The van der Waals surface area contributed by atoms with Crippen LogP contribution in [0.4, 0.5) is 0 Å². The molecule has 0 radical (unpaired) electrons. The molecule has 0 spiro atoms. The summed E-state index contributed by atoms with van der Waals surface area (Å²) in [6.45, 7) is 1.88. The van der Waals surface area contributed by atoms with Crippen LogP contribution in [0, 0.1) is 5.92 Å². The zero-order chi connectivity index (χ0) is 18.2. The first kappa shape index (κ1) is 19.5. The molecule has 2 atom stereocenters. The molecule has 1 saturated carbocycles. The van der Waals surface area contributed by atoms with Gasteiger partial charge in [-0.3, -0.25) is 4.79 Å². The number of benzene rings is 1. The van der Waals surface area contributed by atoms with Gasteiger partial charge in [-0.15, -0.1) is 0 Å². The number of carbonyl (C=O) groups is 2. The SMILES string of the molecule is COc1ccc(Br)cc1/C=C/C(=O)OCC(=O)N[C@H]1CCCC[C@@H]1C. The van der Waals surface area contributed by atoms with Gasteiger partial charge in [0.15, 0.2) is 6.61 Å². The smallest absolute Gasteiger partial charge is 0.331 e. The standard InChI is InChI=1S/C19H24BrNO4/c1-13-5-3-4-6-16(13)21-18(22)12-25-19(23)10-7-14-11-15(20)8-9-17(14)24-2/h7-11,13,16H,3-6,12H2,1-2H3,(H,21,22)/b10-7+/t13-,16-/m0/s1. The number of esters is 1. The first-order valence-corrected chi connectivity index (χ1v) is 9.26. The van der Waals surface area contributed by atoms with Gasteiger partial charge in [0.05, 0.1) is 7.11 Å². The van der Waals surface area contributed by atoms with E-state index in [1.165, 1.54) is 12.5 Å². The lowest BCUT2D eigenvalue weighted by Gasteiger charge is -2.29. The molecule has 2 rings (SSSR count). The van der Waals surface area contributed by atoms with Crippen LogP contribution in [0.3, 0.4) is 0 Å². The van der Waals surface area contributed by atoms with Gasteiger partial charge in [0.1, 0.15) is 5.75 Å². The highest BCUT2D eigenvalue weighted by Crippen LogP contribution is 2.24. The quantitative estimate of drug-likeness (QED) is 0.574. The number of methoxy groups -OCH3 is 1. The second-order valence-electron chi connectivity index (χ2n) is 6.26. The third-order valence-electron chi connectivity index (χ3n) is 4.39. The van der Waals surface area contributed by atoms with Gasteiger partial charge in [-0.05, 0) is 43.0 Å². The Morgan fingerprint density at radius 1 is 1.32 bits per heavy atom. The Balaban J connectivity index is 1.82. The van der Waals surface area contributed by atoms with Crippen LogP contribution >= 0.6 is 15.9 Å². The van der Waals surface area contributed by atoms with Crippen molar-refractivity contribution >= 4 is 33.9 Å². The fraction of sp³-hybridized carbons (Fsp3) is 0.474. The lowest BCUT2D eigenvalue weighted by atomic mass is 9.86. The predicted molar refractivity (Wildman–Crippen MR) is 100 cm³/mol. The van der Waals surface area contributed by atoms with Crippen LogP contribution in [0.5, 0.6) is 5.75 Å². The lowest BCUT2D eigenvalue weighted by Crippen LogP contribution is -2.42. The van der Waals surface area contributed by atoms with Crippen molar-refractivity contribution in [3.63, 3.8) is 0 Å². The predicted octanol–water partition coefficient (Wildman–Crippen LogP) is 3.71. The van der Waals surface area contributed by atoms with Crippen LogP contribution < -0.4 is 10.1 Å². The fourth-order valence-corrected chi connectivity index (χ4v) is 3.34. The summed E-state index contributed by atoms with van der Waals surface area (Å²) in [6, 6.07) is 5.67. The van der Waals surface area contributed by atoms with Gasteiger partial charge >= 0.3 is 5.97 Å². The van der Waals surface area contributed by atoms with E-state index in [2.05, 4.69) is 28.2 Å². The van der Waals surface area contributed by atoms with Gasteiger partial charge in [-0.2, -0.15) is 0 Å². The Morgan fingerprint density at radius 2 is 2.08 bits per heavy atom. The minimum atomic E-state index is -0.561. The van der Waals surface area contributed by atoms with E-state index in [9.17, 15) is 9.59 Å². The maximum atomic E-state index is 11.9. The number of rotatable bonds is 6. The van der Waals surface area contributed by atoms with Gasteiger partial charge in [0.25, 0.3) is 5.91 Å². The number of ether oxygens (including phenoxy) is 2. The van der Waals surface area contributed by atoms with Crippen LogP contribution in [0.15, 0.2) is 28.7 Å². The zero-order valence-corrected chi connectivity index (χ0v) is 16.2. The normalized spacial score (nSPS) is 20.3. The Kier molecular flexibility index (Phi) is 7.50. The number of hydrogen-bond acceptors (Lipinski definition) is 4. The third-order valence-corrected chi connectivity index (χ3v) is 4.89. The highest BCUT2D eigenvalue weighted by molar-refractivity contribution is 9.10. The minimum Gasteiger partial charge on any atom is -0.496 e. The summed E-state index contributed by atoms with van der Waals surface area (Å²) in [5.74, 6) is 0.308. The average Bonchev–Trinajstić information content (AvgIpc) is 2.60. The second-order valence-corrected chi connectivity index (χ2v) is 7.18. The highest BCUT2D eigenvalue weighted by Gasteiger charge is 2.22. The maximum Gasteiger partial charge on any atom is 0.331 e.